The van der Waals surface area contributed by atoms with Gasteiger partial charge in [-0.1, -0.05) is 31.7 Å². The van der Waals surface area contributed by atoms with Crippen LogP contribution in [0.25, 0.3) is 11.3 Å². The molecule has 3 aliphatic heterocycles. The number of amides is 2. The number of sulfonamides is 1. The Morgan fingerprint density at radius 2 is 1.82 bits per heavy atom. The molecule has 2 amide bonds. The summed E-state index contributed by atoms with van der Waals surface area (Å²) in [6.45, 7) is 2.47. The van der Waals surface area contributed by atoms with Gasteiger partial charge in [-0.25, -0.2) is 8.42 Å². The topological polar surface area (TPSA) is 137 Å². The SMILES string of the molecule is CS(=O)(=O)N1CCc2c(c(-c3ccc(C(F)(F)F)c(CNC(=O)C4CCCCCC4)c3)nn2CC(O)CN2CCC3(CCNC3=O)CC2)C1. The number of nitrogens with one attached hydrogen (secondary N) is 2. The second kappa shape index (κ2) is 14.3. The van der Waals surface area contributed by atoms with E-state index in [-0.39, 0.29) is 54.9 Å². The summed E-state index contributed by atoms with van der Waals surface area (Å²) >= 11 is 0. The molecule has 1 aliphatic carbocycles. The van der Waals surface area contributed by atoms with Crippen molar-refractivity contribution in [2.24, 2.45) is 11.3 Å². The number of nitrogens with zero attached hydrogens (tertiary/aromatic N) is 4. The molecule has 1 aromatic heterocycles. The Hall–Kier alpha value is -3.01. The van der Waals surface area contributed by atoms with Crippen LogP contribution in [0.3, 0.4) is 0 Å². The first-order valence-corrected chi connectivity index (χ1v) is 19.3. The summed E-state index contributed by atoms with van der Waals surface area (Å²) in [5.74, 6) is -0.348. The molecule has 11 nitrogen and oxygen atoms in total. The van der Waals surface area contributed by atoms with E-state index in [1.165, 1.54) is 16.4 Å². The second-order valence-corrected chi connectivity index (χ2v) is 16.3. The fraction of sp³-hybridized carbons (Fsp3) is 0.676. The molecule has 2 aromatic rings. The maximum absolute atomic E-state index is 14.2. The monoisotopic (exact) mass is 708 g/mol. The molecule has 1 unspecified atom stereocenters. The third-order valence-electron chi connectivity index (χ3n) is 11.0. The van der Waals surface area contributed by atoms with Crippen LogP contribution in [-0.2, 0) is 51.8 Å². The minimum Gasteiger partial charge on any atom is -0.390 e. The van der Waals surface area contributed by atoms with E-state index in [4.69, 9.17) is 5.10 Å². The molecule has 15 heteroatoms. The average Bonchev–Trinajstić information content (AvgIpc) is 3.44. The number of alkyl halides is 3. The molecule has 49 heavy (non-hydrogen) atoms. The number of aliphatic hydroxyl groups excluding tert-OH is 1. The van der Waals surface area contributed by atoms with Gasteiger partial charge in [-0.05, 0) is 62.9 Å². The molecule has 1 atom stereocenters. The Bertz CT molecular complexity index is 1650. The van der Waals surface area contributed by atoms with Crippen LogP contribution in [0.4, 0.5) is 13.2 Å². The Kier molecular flexibility index (Phi) is 10.5. The minimum atomic E-state index is -4.65. The number of carbonyl (C=O) groups excluding carboxylic acids is 2. The summed E-state index contributed by atoms with van der Waals surface area (Å²) in [6, 6.07) is 3.72. The van der Waals surface area contributed by atoms with E-state index in [1.54, 1.807) is 4.68 Å². The van der Waals surface area contributed by atoms with Gasteiger partial charge in [-0.2, -0.15) is 22.6 Å². The highest BCUT2D eigenvalue weighted by Crippen LogP contribution is 2.39. The number of rotatable bonds is 9. The first-order chi connectivity index (χ1) is 23.2. The number of piperidine rings is 1. The summed E-state index contributed by atoms with van der Waals surface area (Å²) in [4.78, 5) is 27.5. The van der Waals surface area contributed by atoms with Crippen molar-refractivity contribution in [3.8, 4) is 11.3 Å². The standard InChI is InChI=1S/C34H47F3N6O5S/c1-49(47,48)42-15-10-29-27(22-42)30(40-43(29)21-26(44)20-41-16-12-33(13-17-41)11-14-38-32(33)46)24-8-9-28(34(35,36)37)25(18-24)19-39-31(45)23-6-4-2-3-5-7-23/h8-9,18,23,26,44H,2-7,10-17,19-22H2,1H3,(H,38,46)(H,39,45). The van der Waals surface area contributed by atoms with Gasteiger partial charge in [-0.15, -0.1) is 0 Å². The number of aromatic nitrogens is 2. The number of β-amino-alcohol motifs (C(OH)–C–C–N with tert-alkyl or cyclic N) is 1. The van der Waals surface area contributed by atoms with Crippen LogP contribution in [-0.4, -0.2) is 89.4 Å². The van der Waals surface area contributed by atoms with Crippen LogP contribution in [0.5, 0.6) is 0 Å². The highest BCUT2D eigenvalue weighted by molar-refractivity contribution is 7.88. The van der Waals surface area contributed by atoms with Crippen molar-refractivity contribution in [1.29, 1.82) is 0 Å². The highest BCUT2D eigenvalue weighted by Gasteiger charge is 2.44. The van der Waals surface area contributed by atoms with Crippen LogP contribution < -0.4 is 10.6 Å². The summed E-state index contributed by atoms with van der Waals surface area (Å²) in [6.07, 6.45) is 3.65. The number of benzene rings is 1. The largest absolute Gasteiger partial charge is 0.416 e. The summed E-state index contributed by atoms with van der Waals surface area (Å²) < 4.78 is 70.5. The lowest BCUT2D eigenvalue weighted by Gasteiger charge is -2.38. The van der Waals surface area contributed by atoms with Crippen molar-refractivity contribution in [2.75, 3.05) is 39.0 Å². The Morgan fingerprint density at radius 3 is 2.45 bits per heavy atom. The van der Waals surface area contributed by atoms with Crippen LogP contribution in [0.15, 0.2) is 18.2 Å². The fourth-order valence-electron chi connectivity index (χ4n) is 8.08. The third kappa shape index (κ3) is 7.99. The van der Waals surface area contributed by atoms with Crippen molar-refractivity contribution in [3.05, 3.63) is 40.6 Å². The molecular formula is C34H47F3N6O5S. The first kappa shape index (κ1) is 35.8. The summed E-state index contributed by atoms with van der Waals surface area (Å²) in [7, 11) is -3.56. The van der Waals surface area contributed by atoms with E-state index in [0.29, 0.717) is 49.4 Å². The molecule has 1 saturated carbocycles. The van der Waals surface area contributed by atoms with E-state index in [1.807, 2.05) is 0 Å². The lowest BCUT2D eigenvalue weighted by Crippen LogP contribution is -2.46. The number of aliphatic hydroxyl groups is 1. The number of halogens is 3. The van der Waals surface area contributed by atoms with E-state index in [0.717, 1.165) is 75.8 Å². The minimum absolute atomic E-state index is 0.00460. The number of likely N-dealkylation sites (tertiary alicyclic amines) is 1. The number of carbonyl (C=O) groups is 2. The molecule has 3 N–H and O–H groups in total. The van der Waals surface area contributed by atoms with Crippen molar-refractivity contribution < 1.29 is 36.3 Å². The van der Waals surface area contributed by atoms with E-state index >= 15 is 0 Å². The van der Waals surface area contributed by atoms with Gasteiger partial charge in [-0.3, -0.25) is 14.3 Å². The number of fused-ring (bicyclic) bond motifs is 1. The maximum Gasteiger partial charge on any atom is 0.416 e. The van der Waals surface area contributed by atoms with Crippen LogP contribution in [0, 0.1) is 11.3 Å². The number of hydrogen-bond donors (Lipinski definition) is 3. The quantitative estimate of drug-likeness (QED) is 0.340. The van der Waals surface area contributed by atoms with Crippen LogP contribution in [0.2, 0.25) is 0 Å². The molecule has 3 fully saturated rings. The average molecular weight is 709 g/mol. The van der Waals surface area contributed by atoms with Crippen molar-refractivity contribution in [2.45, 2.75) is 96.1 Å². The van der Waals surface area contributed by atoms with Gasteiger partial charge in [0, 0.05) is 61.9 Å². The normalized spacial score (nSPS) is 21.7. The van der Waals surface area contributed by atoms with Crippen molar-refractivity contribution in [3.63, 3.8) is 0 Å². The predicted octanol–water partition coefficient (Wildman–Crippen LogP) is 3.44. The fourth-order valence-corrected chi connectivity index (χ4v) is 8.86. The molecular weight excluding hydrogens is 661 g/mol. The molecule has 1 spiro atoms. The molecule has 6 rings (SSSR count). The molecule has 0 radical (unpaired) electrons. The Labute approximate surface area is 285 Å². The zero-order chi connectivity index (χ0) is 35.0. The third-order valence-corrected chi connectivity index (χ3v) is 12.2. The Balaban J connectivity index is 1.24. The summed E-state index contributed by atoms with van der Waals surface area (Å²) in [5.41, 5.74) is 0.792. The molecule has 4 aliphatic rings. The smallest absolute Gasteiger partial charge is 0.390 e. The molecule has 2 saturated heterocycles. The molecule has 4 heterocycles. The van der Waals surface area contributed by atoms with E-state index in [2.05, 4.69) is 15.5 Å². The van der Waals surface area contributed by atoms with E-state index in [9.17, 15) is 36.3 Å². The predicted molar refractivity (Wildman–Crippen MR) is 176 cm³/mol. The molecule has 1 aromatic carbocycles. The molecule has 270 valence electrons. The maximum atomic E-state index is 14.2. The van der Waals surface area contributed by atoms with E-state index < -0.39 is 27.9 Å². The van der Waals surface area contributed by atoms with Gasteiger partial charge in [0.25, 0.3) is 0 Å². The lowest BCUT2D eigenvalue weighted by molar-refractivity contribution is -0.138. The van der Waals surface area contributed by atoms with Gasteiger partial charge in [0.2, 0.25) is 21.8 Å². The highest BCUT2D eigenvalue weighted by atomic mass is 32.2. The van der Waals surface area contributed by atoms with Gasteiger partial charge in [0.15, 0.2) is 0 Å². The number of hydrogen-bond acceptors (Lipinski definition) is 7. The van der Waals surface area contributed by atoms with Crippen molar-refractivity contribution in [1.82, 2.24) is 29.6 Å². The van der Waals surface area contributed by atoms with Gasteiger partial charge < -0.3 is 20.6 Å². The van der Waals surface area contributed by atoms with Gasteiger partial charge in [0.05, 0.1) is 35.6 Å². The van der Waals surface area contributed by atoms with Gasteiger partial charge in [0.1, 0.15) is 0 Å². The zero-order valence-corrected chi connectivity index (χ0v) is 28.8. The van der Waals surface area contributed by atoms with Crippen LogP contribution in [0.1, 0.15) is 80.2 Å². The Morgan fingerprint density at radius 1 is 1.10 bits per heavy atom. The van der Waals surface area contributed by atoms with Crippen molar-refractivity contribution >= 4 is 21.8 Å². The summed E-state index contributed by atoms with van der Waals surface area (Å²) in [5, 5.41) is 21.7. The lowest BCUT2D eigenvalue weighted by atomic mass is 9.77. The molecule has 0 bridgehead atoms. The van der Waals surface area contributed by atoms with Crippen LogP contribution >= 0.6 is 0 Å². The zero-order valence-electron chi connectivity index (χ0n) is 28.0. The van der Waals surface area contributed by atoms with Gasteiger partial charge >= 0.3 is 6.18 Å². The first-order valence-electron chi connectivity index (χ1n) is 17.4. The second-order valence-electron chi connectivity index (χ2n) is 14.3.